The molecule has 0 bridgehead atoms. The highest BCUT2D eigenvalue weighted by molar-refractivity contribution is 5.95. The zero-order valence-electron chi connectivity index (χ0n) is 16.1. The summed E-state index contributed by atoms with van der Waals surface area (Å²) in [4.78, 5) is 22.7. The second-order valence-electron chi connectivity index (χ2n) is 7.47. The van der Waals surface area contributed by atoms with E-state index < -0.39 is 18.2 Å². The Morgan fingerprint density at radius 3 is 2.42 bits per heavy atom. The van der Waals surface area contributed by atoms with Crippen LogP contribution in [0.1, 0.15) is 65.7 Å². The Morgan fingerprint density at radius 2 is 1.88 bits per heavy atom. The molecule has 26 heavy (non-hydrogen) atoms. The summed E-state index contributed by atoms with van der Waals surface area (Å²) >= 11 is 0. The van der Waals surface area contributed by atoms with Crippen LogP contribution < -0.4 is 0 Å². The highest BCUT2D eigenvalue weighted by Gasteiger charge is 2.25. The summed E-state index contributed by atoms with van der Waals surface area (Å²) in [5.74, 6) is 4.10. The first-order valence-corrected chi connectivity index (χ1v) is 9.61. The smallest absolute Gasteiger partial charge is 0.306 e. The number of allylic oxidation sites excluding steroid dienone is 1. The van der Waals surface area contributed by atoms with E-state index in [2.05, 4.69) is 18.8 Å². The molecule has 0 saturated heterocycles. The second kappa shape index (κ2) is 11.2. The molecule has 146 valence electrons. The van der Waals surface area contributed by atoms with Crippen molar-refractivity contribution in [3.63, 3.8) is 0 Å². The van der Waals surface area contributed by atoms with E-state index in [0.717, 1.165) is 19.3 Å². The predicted molar refractivity (Wildman–Crippen MR) is 100 cm³/mol. The number of ketones is 1. The van der Waals surface area contributed by atoms with E-state index in [4.69, 9.17) is 0 Å². The molecule has 0 aromatic rings. The van der Waals surface area contributed by atoms with Gasteiger partial charge in [-0.3, -0.25) is 9.59 Å². The van der Waals surface area contributed by atoms with Crippen LogP contribution in [0.3, 0.4) is 0 Å². The Balaban J connectivity index is 2.51. The number of hydrogen-bond donors (Lipinski definition) is 3. The molecule has 3 N–H and O–H groups in total. The lowest BCUT2D eigenvalue weighted by molar-refractivity contribution is -0.144. The highest BCUT2D eigenvalue weighted by Crippen LogP contribution is 2.26. The third-order valence-corrected chi connectivity index (χ3v) is 5.17. The lowest BCUT2D eigenvalue weighted by Crippen LogP contribution is -2.23. The summed E-state index contributed by atoms with van der Waals surface area (Å²) in [7, 11) is 0. The standard InChI is InChI=1S/C21H32O5/c1-4-5-6-7-18(21(25)26)14(2)8-9-15(3)19(23)11-10-16-12-17(22)13-20(16)24/h12,14-15,18-20,23-24H,4-9,13H2,1-3H3,(H,25,26). The van der Waals surface area contributed by atoms with Gasteiger partial charge in [0.15, 0.2) is 5.78 Å². The fourth-order valence-corrected chi connectivity index (χ4v) is 3.20. The molecule has 1 aliphatic rings. The molecule has 1 rings (SSSR count). The molecule has 0 fully saturated rings. The van der Waals surface area contributed by atoms with Gasteiger partial charge >= 0.3 is 5.97 Å². The molecule has 1 aliphatic carbocycles. The molecule has 0 aromatic heterocycles. The molecule has 0 radical (unpaired) electrons. The van der Waals surface area contributed by atoms with Crippen molar-refractivity contribution >= 4 is 11.8 Å². The van der Waals surface area contributed by atoms with Crippen LogP contribution in [-0.4, -0.2) is 39.3 Å². The zero-order chi connectivity index (χ0) is 19.7. The molecule has 0 aliphatic heterocycles. The molecule has 5 nitrogen and oxygen atoms in total. The number of carbonyl (C=O) groups excluding carboxylic acids is 1. The maximum atomic E-state index is 11.5. The maximum absolute atomic E-state index is 11.5. The second-order valence-corrected chi connectivity index (χ2v) is 7.47. The predicted octanol–water partition coefficient (Wildman–Crippen LogP) is 2.94. The third kappa shape index (κ3) is 7.31. The van der Waals surface area contributed by atoms with E-state index in [1.165, 1.54) is 6.08 Å². The fourth-order valence-electron chi connectivity index (χ4n) is 3.20. The van der Waals surface area contributed by atoms with Gasteiger partial charge in [0.2, 0.25) is 0 Å². The van der Waals surface area contributed by atoms with Crippen LogP contribution in [-0.2, 0) is 9.59 Å². The average Bonchev–Trinajstić information content (AvgIpc) is 2.91. The number of hydrogen-bond acceptors (Lipinski definition) is 4. The van der Waals surface area contributed by atoms with Crippen molar-refractivity contribution in [2.45, 2.75) is 77.9 Å². The first kappa shape index (κ1) is 22.4. The van der Waals surface area contributed by atoms with Crippen molar-refractivity contribution in [3.05, 3.63) is 11.6 Å². The van der Waals surface area contributed by atoms with Crippen LogP contribution in [0.4, 0.5) is 0 Å². The molecule has 5 heteroatoms. The van der Waals surface area contributed by atoms with Gasteiger partial charge in [-0.2, -0.15) is 0 Å². The molecular formula is C21H32O5. The Labute approximate surface area is 156 Å². The van der Waals surface area contributed by atoms with Gasteiger partial charge in [-0.05, 0) is 37.2 Å². The van der Waals surface area contributed by atoms with Crippen LogP contribution >= 0.6 is 0 Å². The Hall–Kier alpha value is -1.64. The van der Waals surface area contributed by atoms with E-state index in [0.29, 0.717) is 24.8 Å². The van der Waals surface area contributed by atoms with Crippen LogP contribution in [0.2, 0.25) is 0 Å². The molecule has 0 saturated carbocycles. The number of rotatable bonds is 10. The van der Waals surface area contributed by atoms with Gasteiger partial charge in [0.05, 0.1) is 12.0 Å². The van der Waals surface area contributed by atoms with Gasteiger partial charge in [0, 0.05) is 12.0 Å². The summed E-state index contributed by atoms with van der Waals surface area (Å²) in [5.41, 5.74) is 0.358. The molecule has 0 amide bonds. The van der Waals surface area contributed by atoms with E-state index in [1.54, 1.807) is 0 Å². The average molecular weight is 364 g/mol. The number of aliphatic carboxylic acids is 1. The fraction of sp³-hybridized carbons (Fsp3) is 0.714. The molecule has 5 unspecified atom stereocenters. The molecule has 0 aromatic carbocycles. The minimum atomic E-state index is -0.866. The quantitative estimate of drug-likeness (QED) is 0.409. The van der Waals surface area contributed by atoms with E-state index in [1.807, 2.05) is 13.8 Å². The Kier molecular flexibility index (Phi) is 9.61. The molecule has 0 spiro atoms. The number of aliphatic hydroxyl groups excluding tert-OH is 2. The number of carboxylic acid groups (broad SMARTS) is 1. The monoisotopic (exact) mass is 364 g/mol. The Morgan fingerprint density at radius 1 is 1.23 bits per heavy atom. The first-order valence-electron chi connectivity index (χ1n) is 9.61. The number of unbranched alkanes of at least 4 members (excludes halogenated alkanes) is 2. The lowest BCUT2D eigenvalue weighted by Gasteiger charge is -2.22. The van der Waals surface area contributed by atoms with Crippen molar-refractivity contribution in [2.75, 3.05) is 0 Å². The largest absolute Gasteiger partial charge is 0.481 e. The third-order valence-electron chi connectivity index (χ3n) is 5.17. The SMILES string of the molecule is CCCCCC(C(=O)O)C(C)CCC(C)C(O)C#CC1=CC(=O)CC1O. The van der Waals surface area contributed by atoms with Crippen molar-refractivity contribution in [3.8, 4) is 11.8 Å². The summed E-state index contributed by atoms with van der Waals surface area (Å²) < 4.78 is 0. The lowest BCUT2D eigenvalue weighted by atomic mass is 9.83. The highest BCUT2D eigenvalue weighted by atomic mass is 16.4. The summed E-state index contributed by atoms with van der Waals surface area (Å²) in [5, 5.41) is 29.3. The van der Waals surface area contributed by atoms with Crippen molar-refractivity contribution in [1.29, 1.82) is 0 Å². The van der Waals surface area contributed by atoms with Gasteiger partial charge in [-0.25, -0.2) is 0 Å². The number of carboxylic acids is 1. The van der Waals surface area contributed by atoms with Crippen LogP contribution in [0.15, 0.2) is 11.6 Å². The van der Waals surface area contributed by atoms with Crippen molar-refractivity contribution in [1.82, 2.24) is 0 Å². The molecule has 0 heterocycles. The summed E-state index contributed by atoms with van der Waals surface area (Å²) in [6, 6.07) is 0. The van der Waals surface area contributed by atoms with Crippen molar-refractivity contribution < 1.29 is 24.9 Å². The van der Waals surface area contributed by atoms with E-state index in [9.17, 15) is 24.9 Å². The Bertz CT molecular complexity index is 569. The topological polar surface area (TPSA) is 94.8 Å². The zero-order valence-corrected chi connectivity index (χ0v) is 16.1. The van der Waals surface area contributed by atoms with Gasteiger partial charge in [-0.1, -0.05) is 51.9 Å². The van der Waals surface area contributed by atoms with Crippen LogP contribution in [0.5, 0.6) is 0 Å². The minimum Gasteiger partial charge on any atom is -0.481 e. The van der Waals surface area contributed by atoms with E-state index in [-0.39, 0.29) is 30.0 Å². The summed E-state index contributed by atoms with van der Waals surface area (Å²) in [6.07, 6.45) is 4.78. The van der Waals surface area contributed by atoms with Gasteiger partial charge in [-0.15, -0.1) is 0 Å². The summed E-state index contributed by atoms with van der Waals surface area (Å²) in [6.45, 7) is 5.93. The van der Waals surface area contributed by atoms with Gasteiger partial charge < -0.3 is 15.3 Å². The van der Waals surface area contributed by atoms with Crippen molar-refractivity contribution in [2.24, 2.45) is 17.8 Å². The van der Waals surface area contributed by atoms with E-state index >= 15 is 0 Å². The normalized spacial score (nSPS) is 21.3. The molecule has 5 atom stereocenters. The number of aliphatic hydroxyl groups is 2. The van der Waals surface area contributed by atoms with Crippen LogP contribution in [0.25, 0.3) is 0 Å². The van der Waals surface area contributed by atoms with Crippen LogP contribution in [0, 0.1) is 29.6 Å². The van der Waals surface area contributed by atoms with Gasteiger partial charge in [0.1, 0.15) is 6.10 Å². The molecular weight excluding hydrogens is 332 g/mol. The maximum Gasteiger partial charge on any atom is 0.306 e. The first-order chi connectivity index (χ1) is 12.3. The van der Waals surface area contributed by atoms with Gasteiger partial charge in [0.25, 0.3) is 0 Å². The number of carbonyl (C=O) groups is 2. The minimum absolute atomic E-state index is 0.0453.